The van der Waals surface area contributed by atoms with Gasteiger partial charge >= 0.3 is 6.18 Å². The smallest absolute Gasteiger partial charge is 0.420 e. The second-order valence-corrected chi connectivity index (χ2v) is 8.20. The lowest BCUT2D eigenvalue weighted by Gasteiger charge is -2.26. The van der Waals surface area contributed by atoms with Crippen LogP contribution in [-0.2, 0) is 13.2 Å². The first-order chi connectivity index (χ1) is 14.3. The second kappa shape index (κ2) is 8.21. The minimum Gasteiger partial charge on any atom is -0.420 e. The number of aryl methyl sites for hydroxylation is 1. The van der Waals surface area contributed by atoms with Crippen molar-refractivity contribution in [2.75, 3.05) is 6.54 Å². The van der Waals surface area contributed by atoms with Gasteiger partial charge in [0.1, 0.15) is 5.69 Å². The molecule has 0 aliphatic heterocycles. The zero-order valence-electron chi connectivity index (χ0n) is 16.1. The van der Waals surface area contributed by atoms with Crippen LogP contribution in [0.25, 0.3) is 11.5 Å². The minimum absolute atomic E-state index is 0.182. The van der Waals surface area contributed by atoms with Gasteiger partial charge in [-0.2, -0.15) is 29.6 Å². The molecule has 0 unspecified atom stereocenters. The van der Waals surface area contributed by atoms with Crippen molar-refractivity contribution in [3.8, 4) is 11.5 Å². The fourth-order valence-corrected chi connectivity index (χ4v) is 4.32. The highest BCUT2D eigenvalue weighted by Crippen LogP contribution is 2.36. The third-order valence-electron chi connectivity index (χ3n) is 5.36. The maximum Gasteiger partial charge on any atom is 0.433 e. The standard InChI is InChI=1S/C19H20F3N5O2S/c1-27-15(19(20,21)22)8-14(26-27)16(28)23-9-11-2-4-12(5-3-11)17-24-25-18(29-17)13-6-7-30-10-13/h6-8,10-12H,2-5,9H2,1H3,(H,23,28). The van der Waals surface area contributed by atoms with Crippen LogP contribution in [0, 0.1) is 5.92 Å². The van der Waals surface area contributed by atoms with E-state index in [4.69, 9.17) is 4.42 Å². The number of hydrogen-bond acceptors (Lipinski definition) is 6. The summed E-state index contributed by atoms with van der Waals surface area (Å²) >= 11 is 1.57. The van der Waals surface area contributed by atoms with Gasteiger partial charge in [0.25, 0.3) is 5.91 Å². The molecule has 7 nitrogen and oxygen atoms in total. The summed E-state index contributed by atoms with van der Waals surface area (Å²) in [5, 5.41) is 18.6. The molecule has 1 aliphatic rings. The summed E-state index contributed by atoms with van der Waals surface area (Å²) < 4.78 is 45.0. The summed E-state index contributed by atoms with van der Waals surface area (Å²) in [5.41, 5.74) is -0.266. The van der Waals surface area contributed by atoms with E-state index < -0.39 is 17.8 Å². The van der Waals surface area contributed by atoms with Crippen molar-refractivity contribution in [1.29, 1.82) is 0 Å². The Morgan fingerprint density at radius 3 is 2.70 bits per heavy atom. The Kier molecular flexibility index (Phi) is 5.63. The van der Waals surface area contributed by atoms with Gasteiger partial charge < -0.3 is 9.73 Å². The van der Waals surface area contributed by atoms with Gasteiger partial charge in [-0.1, -0.05) is 0 Å². The summed E-state index contributed by atoms with van der Waals surface area (Å²) in [4.78, 5) is 12.2. The highest BCUT2D eigenvalue weighted by Gasteiger charge is 2.36. The highest BCUT2D eigenvalue weighted by molar-refractivity contribution is 7.08. The second-order valence-electron chi connectivity index (χ2n) is 7.42. The fourth-order valence-electron chi connectivity index (χ4n) is 3.69. The number of hydrogen-bond donors (Lipinski definition) is 1. The first-order valence-corrected chi connectivity index (χ1v) is 10.5. The van der Waals surface area contributed by atoms with Crippen LogP contribution in [0.2, 0.25) is 0 Å². The van der Waals surface area contributed by atoms with E-state index in [9.17, 15) is 18.0 Å². The van der Waals surface area contributed by atoms with E-state index in [0.29, 0.717) is 23.0 Å². The van der Waals surface area contributed by atoms with Crippen LogP contribution in [0.4, 0.5) is 13.2 Å². The molecule has 4 rings (SSSR count). The molecular formula is C19H20F3N5O2S. The molecule has 160 valence electrons. The molecule has 3 aromatic rings. The van der Waals surface area contributed by atoms with Crippen LogP contribution < -0.4 is 5.32 Å². The molecule has 30 heavy (non-hydrogen) atoms. The Hall–Kier alpha value is -2.69. The molecule has 3 aromatic heterocycles. The van der Waals surface area contributed by atoms with Gasteiger partial charge in [0.2, 0.25) is 11.8 Å². The molecule has 3 heterocycles. The number of nitrogens with one attached hydrogen (secondary N) is 1. The average Bonchev–Trinajstić information content (AvgIpc) is 3.45. The predicted octanol–water partition coefficient (Wildman–Crippen LogP) is 4.25. The Bertz CT molecular complexity index is 1000. The van der Waals surface area contributed by atoms with E-state index in [1.165, 1.54) is 7.05 Å². The van der Waals surface area contributed by atoms with Gasteiger partial charge in [0.15, 0.2) is 5.69 Å². The number of aromatic nitrogens is 4. The molecule has 1 aliphatic carbocycles. The molecule has 11 heteroatoms. The van der Waals surface area contributed by atoms with E-state index in [1.54, 1.807) is 11.3 Å². The number of nitrogens with zero attached hydrogens (tertiary/aromatic N) is 4. The van der Waals surface area contributed by atoms with E-state index in [-0.39, 0.29) is 17.5 Å². The van der Waals surface area contributed by atoms with Crippen LogP contribution in [0.3, 0.4) is 0 Å². The van der Waals surface area contributed by atoms with E-state index in [1.807, 2.05) is 16.8 Å². The van der Waals surface area contributed by atoms with Crippen LogP contribution in [0.15, 0.2) is 27.3 Å². The summed E-state index contributed by atoms with van der Waals surface area (Å²) in [5.74, 6) is 0.985. The van der Waals surface area contributed by atoms with E-state index in [2.05, 4.69) is 20.6 Å². The topological polar surface area (TPSA) is 85.8 Å². The Morgan fingerprint density at radius 1 is 1.30 bits per heavy atom. The number of halogens is 3. The van der Waals surface area contributed by atoms with Crippen molar-refractivity contribution < 1.29 is 22.4 Å². The summed E-state index contributed by atoms with van der Waals surface area (Å²) in [6, 6.07) is 2.70. The van der Waals surface area contributed by atoms with Crippen molar-refractivity contribution >= 4 is 17.2 Å². The third kappa shape index (κ3) is 4.40. The van der Waals surface area contributed by atoms with Gasteiger partial charge in [-0.25, -0.2) is 0 Å². The average molecular weight is 439 g/mol. The third-order valence-corrected chi connectivity index (χ3v) is 6.04. The van der Waals surface area contributed by atoms with Crippen LogP contribution in [0.1, 0.15) is 53.7 Å². The number of carbonyl (C=O) groups excluding carboxylic acids is 1. The number of carbonyl (C=O) groups is 1. The lowest BCUT2D eigenvalue weighted by molar-refractivity contribution is -0.143. The van der Waals surface area contributed by atoms with Crippen LogP contribution >= 0.6 is 11.3 Å². The van der Waals surface area contributed by atoms with Crippen LogP contribution in [-0.4, -0.2) is 32.4 Å². The summed E-state index contributed by atoms with van der Waals surface area (Å²) in [6.07, 6.45) is -1.12. The number of amides is 1. The normalized spacial score (nSPS) is 19.7. The van der Waals surface area contributed by atoms with Crippen molar-refractivity contribution in [2.45, 2.75) is 37.8 Å². The van der Waals surface area contributed by atoms with Crippen molar-refractivity contribution in [3.63, 3.8) is 0 Å². The monoisotopic (exact) mass is 439 g/mol. The zero-order chi connectivity index (χ0) is 21.3. The van der Waals surface area contributed by atoms with Gasteiger partial charge in [-0.05, 0) is 43.0 Å². The minimum atomic E-state index is -4.54. The van der Waals surface area contributed by atoms with Crippen LogP contribution in [0.5, 0.6) is 0 Å². The molecule has 0 bridgehead atoms. The number of alkyl halides is 3. The molecule has 0 saturated heterocycles. The Morgan fingerprint density at radius 2 is 2.07 bits per heavy atom. The Labute approximate surface area is 174 Å². The summed E-state index contributed by atoms with van der Waals surface area (Å²) in [7, 11) is 1.17. The maximum atomic E-state index is 12.9. The van der Waals surface area contributed by atoms with Crippen molar-refractivity contribution in [3.05, 3.63) is 40.2 Å². The fraction of sp³-hybridized carbons (Fsp3) is 0.474. The Balaban J connectivity index is 1.28. The van der Waals surface area contributed by atoms with E-state index >= 15 is 0 Å². The lowest BCUT2D eigenvalue weighted by Crippen LogP contribution is -2.31. The molecule has 0 spiro atoms. The molecule has 0 radical (unpaired) electrons. The lowest BCUT2D eigenvalue weighted by atomic mass is 9.82. The number of rotatable bonds is 5. The van der Waals surface area contributed by atoms with Gasteiger partial charge in [-0.3, -0.25) is 9.48 Å². The van der Waals surface area contributed by atoms with Crippen molar-refractivity contribution in [2.24, 2.45) is 13.0 Å². The molecule has 1 amide bonds. The highest BCUT2D eigenvalue weighted by atomic mass is 32.1. The molecule has 0 aromatic carbocycles. The van der Waals surface area contributed by atoms with Gasteiger partial charge in [0, 0.05) is 36.5 Å². The molecular weight excluding hydrogens is 419 g/mol. The SMILES string of the molecule is Cn1nc(C(=O)NCC2CCC(c3nnc(-c4ccsc4)o3)CC2)cc1C(F)(F)F. The molecule has 1 N–H and O–H groups in total. The predicted molar refractivity (Wildman–Crippen MR) is 103 cm³/mol. The van der Waals surface area contributed by atoms with Gasteiger partial charge in [-0.15, -0.1) is 10.2 Å². The first-order valence-electron chi connectivity index (χ1n) is 9.56. The quantitative estimate of drug-likeness (QED) is 0.642. The zero-order valence-corrected chi connectivity index (χ0v) is 17.0. The molecule has 0 atom stereocenters. The van der Waals surface area contributed by atoms with E-state index in [0.717, 1.165) is 37.3 Å². The van der Waals surface area contributed by atoms with Gasteiger partial charge in [0.05, 0.1) is 0 Å². The molecule has 1 fully saturated rings. The maximum absolute atomic E-state index is 12.9. The molecule has 1 saturated carbocycles. The first kappa shape index (κ1) is 20.6. The number of thiophene rings is 1. The largest absolute Gasteiger partial charge is 0.433 e. The summed E-state index contributed by atoms with van der Waals surface area (Å²) in [6.45, 7) is 0.396. The van der Waals surface area contributed by atoms with Crippen molar-refractivity contribution in [1.82, 2.24) is 25.3 Å².